The Morgan fingerprint density at radius 1 is 1.20 bits per heavy atom. The van der Waals surface area contributed by atoms with Crippen LogP contribution in [0.2, 0.25) is 0 Å². The molecule has 1 unspecified atom stereocenters. The van der Waals surface area contributed by atoms with E-state index in [1.807, 2.05) is 20.8 Å². The summed E-state index contributed by atoms with van der Waals surface area (Å²) >= 11 is 0. The molecule has 1 rings (SSSR count). The molecule has 0 aromatic heterocycles. The molecule has 20 heavy (non-hydrogen) atoms. The third-order valence-corrected chi connectivity index (χ3v) is 3.16. The predicted molar refractivity (Wildman–Crippen MR) is 84.1 cm³/mol. The number of hydrogen-bond acceptors (Lipinski definition) is 3. The van der Waals surface area contributed by atoms with Gasteiger partial charge in [0.05, 0.1) is 18.3 Å². The second-order valence-corrected chi connectivity index (χ2v) is 6.15. The summed E-state index contributed by atoms with van der Waals surface area (Å²) in [6.07, 6.45) is 1.62. The van der Waals surface area contributed by atoms with E-state index in [2.05, 4.69) is 36.5 Å². The molecule has 0 amide bonds. The van der Waals surface area contributed by atoms with Crippen molar-refractivity contribution in [3.63, 3.8) is 0 Å². The molecule has 0 heterocycles. The first-order valence-electron chi connectivity index (χ1n) is 7.52. The smallest absolute Gasteiger partial charge is 0.0897 e. The lowest BCUT2D eigenvalue weighted by Gasteiger charge is -2.22. The third-order valence-electron chi connectivity index (χ3n) is 3.16. The number of benzene rings is 1. The largest absolute Gasteiger partial charge is 0.389 e. The van der Waals surface area contributed by atoms with E-state index in [0.717, 1.165) is 19.4 Å². The molecule has 0 aliphatic carbocycles. The number of hydrogen-bond donors (Lipinski definition) is 2. The van der Waals surface area contributed by atoms with Crippen molar-refractivity contribution in [2.45, 2.75) is 52.2 Å². The second-order valence-electron chi connectivity index (χ2n) is 6.15. The number of aliphatic hydroxyl groups is 1. The van der Waals surface area contributed by atoms with Crippen LogP contribution in [0.15, 0.2) is 24.3 Å². The fourth-order valence-electron chi connectivity index (χ4n) is 2.04. The van der Waals surface area contributed by atoms with Gasteiger partial charge in [-0.2, -0.15) is 0 Å². The first-order valence-corrected chi connectivity index (χ1v) is 7.52. The van der Waals surface area contributed by atoms with Crippen LogP contribution in [0.25, 0.3) is 0 Å². The summed E-state index contributed by atoms with van der Waals surface area (Å²) in [5.41, 5.74) is 2.61. The minimum absolute atomic E-state index is 0.193. The van der Waals surface area contributed by atoms with Gasteiger partial charge in [0, 0.05) is 6.54 Å². The highest BCUT2D eigenvalue weighted by molar-refractivity contribution is 5.27. The zero-order valence-electron chi connectivity index (χ0n) is 13.3. The fourth-order valence-corrected chi connectivity index (χ4v) is 2.04. The van der Waals surface area contributed by atoms with Gasteiger partial charge in [-0.15, -0.1) is 0 Å². The molecule has 3 heteroatoms. The van der Waals surface area contributed by atoms with Crippen LogP contribution in [0.5, 0.6) is 0 Å². The third kappa shape index (κ3) is 7.04. The Kier molecular flexibility index (Phi) is 7.20. The normalized spacial score (nSPS) is 13.4. The zero-order valence-corrected chi connectivity index (χ0v) is 13.3. The van der Waals surface area contributed by atoms with Gasteiger partial charge in [0.15, 0.2) is 0 Å². The number of aliphatic hydroxyl groups excluding tert-OH is 1. The maximum absolute atomic E-state index is 9.82. The monoisotopic (exact) mass is 279 g/mol. The molecule has 114 valence electrons. The van der Waals surface area contributed by atoms with E-state index in [0.29, 0.717) is 13.2 Å². The molecular weight excluding hydrogens is 250 g/mol. The van der Waals surface area contributed by atoms with Crippen LogP contribution in [0, 0.1) is 0 Å². The lowest BCUT2D eigenvalue weighted by Crippen LogP contribution is -2.34. The lowest BCUT2D eigenvalue weighted by molar-refractivity contribution is -0.0477. The van der Waals surface area contributed by atoms with Crippen LogP contribution >= 0.6 is 0 Å². The Morgan fingerprint density at radius 2 is 1.85 bits per heavy atom. The maximum atomic E-state index is 9.82. The average Bonchev–Trinajstić information content (AvgIpc) is 2.41. The number of rotatable bonds is 8. The maximum Gasteiger partial charge on any atom is 0.0897 e. The van der Waals surface area contributed by atoms with Crippen LogP contribution in [0.4, 0.5) is 0 Å². The summed E-state index contributed by atoms with van der Waals surface area (Å²) in [4.78, 5) is 0. The summed E-state index contributed by atoms with van der Waals surface area (Å²) in [6.45, 7) is 9.99. The quantitative estimate of drug-likeness (QED) is 0.719. The Bertz CT molecular complexity index is 385. The van der Waals surface area contributed by atoms with Crippen LogP contribution in [0.1, 0.15) is 38.8 Å². The summed E-state index contributed by atoms with van der Waals surface area (Å²) < 4.78 is 5.55. The number of aryl methyl sites for hydroxylation is 1. The van der Waals surface area contributed by atoms with Gasteiger partial charge in [-0.25, -0.2) is 0 Å². The Hall–Kier alpha value is -0.900. The first kappa shape index (κ1) is 17.2. The summed E-state index contributed by atoms with van der Waals surface area (Å²) in [7, 11) is 0. The molecule has 1 aromatic carbocycles. The van der Waals surface area contributed by atoms with Gasteiger partial charge >= 0.3 is 0 Å². The molecule has 0 saturated carbocycles. The van der Waals surface area contributed by atoms with Crippen molar-refractivity contribution in [2.75, 3.05) is 19.7 Å². The van der Waals surface area contributed by atoms with Crippen LogP contribution < -0.4 is 5.32 Å². The molecular formula is C17H29NO2. The van der Waals surface area contributed by atoms with Crippen molar-refractivity contribution in [3.8, 4) is 0 Å². The standard InChI is InChI=1S/C17H29NO2/c1-5-14-8-6-7-9-15(14)10-11-18-12-16(19)13-20-17(2,3)4/h6-9,16,18-19H,5,10-13H2,1-4H3. The SMILES string of the molecule is CCc1ccccc1CCNCC(O)COC(C)(C)C. The predicted octanol–water partition coefficient (Wildman–Crippen LogP) is 2.56. The highest BCUT2D eigenvalue weighted by atomic mass is 16.5. The van der Waals surface area contributed by atoms with Gasteiger partial charge in [0.25, 0.3) is 0 Å². The molecule has 3 nitrogen and oxygen atoms in total. The highest BCUT2D eigenvalue weighted by Crippen LogP contribution is 2.09. The van der Waals surface area contributed by atoms with Crippen molar-refractivity contribution in [1.82, 2.24) is 5.32 Å². The molecule has 2 N–H and O–H groups in total. The van der Waals surface area contributed by atoms with E-state index in [4.69, 9.17) is 4.74 Å². The van der Waals surface area contributed by atoms with Gasteiger partial charge in [-0.3, -0.25) is 0 Å². The summed E-state index contributed by atoms with van der Waals surface area (Å²) in [5, 5.41) is 13.1. The van der Waals surface area contributed by atoms with Crippen molar-refractivity contribution in [3.05, 3.63) is 35.4 Å². The molecule has 0 bridgehead atoms. The Balaban J connectivity index is 2.21. The minimum Gasteiger partial charge on any atom is -0.389 e. The number of nitrogens with one attached hydrogen (secondary N) is 1. The van der Waals surface area contributed by atoms with Gasteiger partial charge < -0.3 is 15.2 Å². The van der Waals surface area contributed by atoms with E-state index >= 15 is 0 Å². The lowest BCUT2D eigenvalue weighted by atomic mass is 10.0. The van der Waals surface area contributed by atoms with Gasteiger partial charge in [-0.1, -0.05) is 31.2 Å². The van der Waals surface area contributed by atoms with Crippen molar-refractivity contribution < 1.29 is 9.84 Å². The van der Waals surface area contributed by atoms with E-state index in [9.17, 15) is 5.11 Å². The van der Waals surface area contributed by atoms with Crippen molar-refractivity contribution in [1.29, 1.82) is 0 Å². The zero-order chi connectivity index (χ0) is 15.0. The van der Waals surface area contributed by atoms with E-state index in [1.165, 1.54) is 11.1 Å². The van der Waals surface area contributed by atoms with E-state index < -0.39 is 6.10 Å². The van der Waals surface area contributed by atoms with Gasteiger partial charge in [0.1, 0.15) is 0 Å². The summed E-state index contributed by atoms with van der Waals surface area (Å²) in [6, 6.07) is 8.53. The van der Waals surface area contributed by atoms with Crippen LogP contribution in [-0.2, 0) is 17.6 Å². The average molecular weight is 279 g/mol. The number of ether oxygens (including phenoxy) is 1. The Morgan fingerprint density at radius 3 is 2.45 bits per heavy atom. The van der Waals surface area contributed by atoms with Gasteiger partial charge in [0.2, 0.25) is 0 Å². The van der Waals surface area contributed by atoms with E-state index in [-0.39, 0.29) is 5.60 Å². The molecule has 1 aromatic rings. The minimum atomic E-state index is -0.448. The van der Waals surface area contributed by atoms with Crippen LogP contribution in [-0.4, -0.2) is 36.5 Å². The molecule has 0 aliphatic rings. The topological polar surface area (TPSA) is 41.5 Å². The molecule has 0 saturated heterocycles. The Labute approximate surface area is 123 Å². The molecule has 0 fully saturated rings. The molecule has 0 spiro atoms. The second kappa shape index (κ2) is 8.40. The first-order chi connectivity index (χ1) is 9.42. The fraction of sp³-hybridized carbons (Fsp3) is 0.647. The van der Waals surface area contributed by atoms with Crippen molar-refractivity contribution in [2.24, 2.45) is 0 Å². The summed E-state index contributed by atoms with van der Waals surface area (Å²) in [5.74, 6) is 0. The molecule has 1 atom stereocenters. The molecule has 0 radical (unpaired) electrons. The highest BCUT2D eigenvalue weighted by Gasteiger charge is 2.13. The van der Waals surface area contributed by atoms with Gasteiger partial charge in [-0.05, 0) is 51.3 Å². The van der Waals surface area contributed by atoms with Crippen LogP contribution in [0.3, 0.4) is 0 Å². The van der Waals surface area contributed by atoms with E-state index in [1.54, 1.807) is 0 Å². The van der Waals surface area contributed by atoms with Crippen molar-refractivity contribution >= 4 is 0 Å². The molecule has 0 aliphatic heterocycles.